The first kappa shape index (κ1) is 18.4. The van der Waals surface area contributed by atoms with Gasteiger partial charge in [-0.25, -0.2) is 13.2 Å². The molecular weight excluding hydrogens is 367 g/mol. The van der Waals surface area contributed by atoms with Gasteiger partial charge in [0.05, 0.1) is 20.0 Å². The Morgan fingerprint density at radius 3 is 2.35 bits per heavy atom. The molecule has 2 aromatic rings. The van der Waals surface area contributed by atoms with Crippen molar-refractivity contribution in [3.63, 3.8) is 0 Å². The van der Waals surface area contributed by atoms with Gasteiger partial charge in [-0.3, -0.25) is 4.79 Å². The van der Waals surface area contributed by atoms with Crippen LogP contribution in [0.5, 0.6) is 11.5 Å². The second kappa shape index (κ2) is 7.49. The average molecular weight is 383 g/mol. The minimum Gasteiger partial charge on any atom is -0.493 e. The lowest BCUT2D eigenvalue weighted by molar-refractivity contribution is -0.128. The van der Waals surface area contributed by atoms with Crippen LogP contribution in [0.1, 0.15) is 16.5 Å². The number of carbonyl (C=O) groups excluding carboxylic acids is 1. The molecule has 1 heterocycles. The van der Waals surface area contributed by atoms with Crippen LogP contribution < -0.4 is 9.47 Å². The molecule has 1 saturated heterocycles. The molecule has 1 aliphatic rings. The molecular formula is C18H16F3NO3S. The smallest absolute Gasteiger partial charge is 0.234 e. The lowest BCUT2D eigenvalue weighted by Crippen LogP contribution is -2.27. The molecule has 4 nitrogen and oxygen atoms in total. The summed E-state index contributed by atoms with van der Waals surface area (Å²) in [6.45, 7) is -0.0288. The molecule has 1 aliphatic heterocycles. The molecule has 0 aliphatic carbocycles. The summed E-state index contributed by atoms with van der Waals surface area (Å²) in [7, 11) is 3.03. The number of halogens is 3. The minimum absolute atomic E-state index is 0.0288. The van der Waals surface area contributed by atoms with Crippen molar-refractivity contribution in [2.24, 2.45) is 0 Å². The number of hydrogen-bond donors (Lipinski definition) is 0. The second-order valence-corrected chi connectivity index (χ2v) is 6.74. The summed E-state index contributed by atoms with van der Waals surface area (Å²) >= 11 is 1.39. The van der Waals surface area contributed by atoms with Crippen molar-refractivity contribution >= 4 is 17.7 Å². The van der Waals surface area contributed by atoms with Gasteiger partial charge >= 0.3 is 0 Å². The summed E-state index contributed by atoms with van der Waals surface area (Å²) in [4.78, 5) is 13.8. The van der Waals surface area contributed by atoms with Gasteiger partial charge < -0.3 is 14.4 Å². The zero-order valence-electron chi connectivity index (χ0n) is 14.1. The van der Waals surface area contributed by atoms with Gasteiger partial charge in [0.2, 0.25) is 5.91 Å². The van der Waals surface area contributed by atoms with Crippen molar-refractivity contribution in [2.45, 2.75) is 11.9 Å². The number of ether oxygens (including phenoxy) is 2. The number of rotatable bonds is 5. The highest BCUT2D eigenvalue weighted by Gasteiger charge is 2.33. The van der Waals surface area contributed by atoms with Crippen molar-refractivity contribution in [3.8, 4) is 11.5 Å². The molecule has 3 rings (SSSR count). The van der Waals surface area contributed by atoms with E-state index in [4.69, 9.17) is 9.47 Å². The van der Waals surface area contributed by atoms with Crippen LogP contribution in [-0.2, 0) is 11.3 Å². The quantitative estimate of drug-likeness (QED) is 0.735. The summed E-state index contributed by atoms with van der Waals surface area (Å²) in [6, 6.07) is 7.10. The van der Waals surface area contributed by atoms with E-state index in [1.54, 1.807) is 18.2 Å². The van der Waals surface area contributed by atoms with Crippen molar-refractivity contribution in [1.82, 2.24) is 4.90 Å². The average Bonchev–Trinajstić information content (AvgIpc) is 2.99. The lowest BCUT2D eigenvalue weighted by Gasteiger charge is -2.25. The number of nitrogens with zero attached hydrogens (tertiary/aromatic N) is 1. The van der Waals surface area contributed by atoms with Crippen LogP contribution in [0.4, 0.5) is 13.2 Å². The summed E-state index contributed by atoms with van der Waals surface area (Å²) in [5.74, 6) is -2.93. The fourth-order valence-electron chi connectivity index (χ4n) is 2.80. The number of hydrogen-bond acceptors (Lipinski definition) is 4. The highest BCUT2D eigenvalue weighted by molar-refractivity contribution is 8.00. The Labute approximate surface area is 152 Å². The second-order valence-electron chi connectivity index (χ2n) is 5.67. The van der Waals surface area contributed by atoms with Crippen molar-refractivity contribution in [1.29, 1.82) is 0 Å². The Hall–Kier alpha value is -2.35. The Bertz CT molecular complexity index is 823. The zero-order valence-corrected chi connectivity index (χ0v) is 14.9. The maximum Gasteiger partial charge on any atom is 0.234 e. The molecule has 1 amide bonds. The highest BCUT2D eigenvalue weighted by atomic mass is 32.2. The number of thioether (sulfide) groups is 1. The topological polar surface area (TPSA) is 38.8 Å². The summed E-state index contributed by atoms with van der Waals surface area (Å²) in [5.41, 5.74) is 0.976. The van der Waals surface area contributed by atoms with Crippen LogP contribution in [0.15, 0.2) is 30.3 Å². The highest BCUT2D eigenvalue weighted by Crippen LogP contribution is 2.42. The van der Waals surface area contributed by atoms with Crippen LogP contribution in [0.3, 0.4) is 0 Å². The molecule has 8 heteroatoms. The van der Waals surface area contributed by atoms with Crippen LogP contribution in [-0.4, -0.2) is 30.8 Å². The third-order valence-corrected chi connectivity index (χ3v) is 5.31. The van der Waals surface area contributed by atoms with E-state index >= 15 is 0 Å². The minimum atomic E-state index is -1.52. The maximum absolute atomic E-state index is 13.5. The number of amides is 1. The Kier molecular flexibility index (Phi) is 5.31. The van der Waals surface area contributed by atoms with E-state index in [0.29, 0.717) is 11.5 Å². The molecule has 0 radical (unpaired) electrons. The molecule has 26 heavy (non-hydrogen) atoms. The van der Waals surface area contributed by atoms with Gasteiger partial charge in [-0.05, 0) is 35.4 Å². The van der Waals surface area contributed by atoms with Gasteiger partial charge in [0, 0.05) is 6.54 Å². The fraction of sp³-hybridized carbons (Fsp3) is 0.278. The number of methoxy groups -OCH3 is 2. The molecule has 0 bridgehead atoms. The maximum atomic E-state index is 13.5. The first-order valence-corrected chi connectivity index (χ1v) is 8.76. The normalized spacial score (nSPS) is 16.9. The van der Waals surface area contributed by atoms with Crippen molar-refractivity contribution < 1.29 is 27.4 Å². The Balaban J connectivity index is 1.90. The molecule has 138 valence electrons. The predicted octanol–water partition coefficient (Wildman–Crippen LogP) is 3.90. The van der Waals surface area contributed by atoms with Crippen molar-refractivity contribution in [3.05, 3.63) is 58.9 Å². The predicted molar refractivity (Wildman–Crippen MR) is 91.6 cm³/mol. The third-order valence-electron chi connectivity index (χ3n) is 4.06. The van der Waals surface area contributed by atoms with Crippen molar-refractivity contribution in [2.75, 3.05) is 20.0 Å². The van der Waals surface area contributed by atoms with E-state index in [0.717, 1.165) is 17.7 Å². The van der Waals surface area contributed by atoms with E-state index in [1.165, 1.54) is 30.9 Å². The van der Waals surface area contributed by atoms with Gasteiger partial charge in [-0.15, -0.1) is 11.8 Å². The Morgan fingerprint density at radius 1 is 1.08 bits per heavy atom. The van der Waals surface area contributed by atoms with Crippen LogP contribution in [0.2, 0.25) is 0 Å². The van der Waals surface area contributed by atoms with E-state index in [1.807, 2.05) is 0 Å². The summed E-state index contributed by atoms with van der Waals surface area (Å²) in [6.07, 6.45) is 0. The largest absolute Gasteiger partial charge is 0.493 e. The molecule has 0 aromatic heterocycles. The zero-order chi connectivity index (χ0) is 18.8. The van der Waals surface area contributed by atoms with Gasteiger partial charge in [-0.1, -0.05) is 6.07 Å². The first-order chi connectivity index (χ1) is 12.4. The summed E-state index contributed by atoms with van der Waals surface area (Å²) in [5, 5.41) is -0.349. The SMILES string of the molecule is COc1ccc(C2SCC(=O)N2Cc2cc(F)c(F)c(F)c2)cc1OC. The Morgan fingerprint density at radius 2 is 1.73 bits per heavy atom. The van der Waals surface area contributed by atoms with Gasteiger partial charge in [0.15, 0.2) is 29.0 Å². The molecule has 0 saturated carbocycles. The van der Waals surface area contributed by atoms with E-state index < -0.39 is 17.5 Å². The fourth-order valence-corrected chi connectivity index (χ4v) is 3.98. The van der Waals surface area contributed by atoms with Gasteiger partial charge in [0.1, 0.15) is 5.37 Å². The van der Waals surface area contributed by atoms with Crippen LogP contribution >= 0.6 is 11.8 Å². The number of benzene rings is 2. The standard InChI is InChI=1S/C18H16F3NO3S/c1-24-14-4-3-11(7-15(14)25-2)18-22(16(23)9-26-18)8-10-5-12(19)17(21)13(20)6-10/h3-7,18H,8-9H2,1-2H3. The molecule has 0 N–H and O–H groups in total. The molecule has 2 aromatic carbocycles. The monoisotopic (exact) mass is 383 g/mol. The van der Waals surface area contributed by atoms with Crippen LogP contribution in [0, 0.1) is 17.5 Å². The van der Waals surface area contributed by atoms with E-state index in [9.17, 15) is 18.0 Å². The van der Waals surface area contributed by atoms with E-state index in [2.05, 4.69) is 0 Å². The molecule has 1 atom stereocenters. The van der Waals surface area contributed by atoms with E-state index in [-0.39, 0.29) is 29.1 Å². The summed E-state index contributed by atoms with van der Waals surface area (Å²) < 4.78 is 50.5. The van der Waals surface area contributed by atoms with Gasteiger partial charge in [-0.2, -0.15) is 0 Å². The first-order valence-electron chi connectivity index (χ1n) is 7.71. The van der Waals surface area contributed by atoms with Crippen LogP contribution in [0.25, 0.3) is 0 Å². The van der Waals surface area contributed by atoms with Gasteiger partial charge in [0.25, 0.3) is 0 Å². The molecule has 1 fully saturated rings. The number of carbonyl (C=O) groups is 1. The third kappa shape index (κ3) is 3.46. The molecule has 1 unspecified atom stereocenters. The lowest BCUT2D eigenvalue weighted by atomic mass is 10.1. The molecule has 0 spiro atoms.